The lowest BCUT2D eigenvalue weighted by atomic mass is 9.73. The molecule has 3 fully saturated rings. The Kier molecular flexibility index (Phi) is 8.48. The standard InChI is InChI=1S/C39H40N6O4S/c1-24-10-15-29(35(40-24)44-22-39(23-44)18-20-49-21-19-39)36(46)41-28-13-11-26(12-14-28)38(48)45-25(2)34(43-30-8-3-4-9-31(30)45)32-16-17-33(50-32)37(47)42-27-6-5-7-27/h3-4,8-17,25,27H,5-7,18-23H2,1-2H3,(H,41,46)(H,42,47)/t25-/m1/s1. The maximum atomic E-state index is 14.2. The number of anilines is 3. The molecule has 3 amide bonds. The summed E-state index contributed by atoms with van der Waals surface area (Å²) < 4.78 is 5.57. The van der Waals surface area contributed by atoms with Crippen molar-refractivity contribution in [3.63, 3.8) is 0 Å². The molecule has 2 aromatic carbocycles. The molecule has 0 radical (unpaired) electrons. The fourth-order valence-electron chi connectivity index (χ4n) is 7.30. The van der Waals surface area contributed by atoms with Gasteiger partial charge in [0, 0.05) is 54.7 Å². The van der Waals surface area contributed by atoms with Gasteiger partial charge in [-0.1, -0.05) is 12.1 Å². The average molecular weight is 689 g/mol. The summed E-state index contributed by atoms with van der Waals surface area (Å²) in [7, 11) is 0. The summed E-state index contributed by atoms with van der Waals surface area (Å²) in [5.41, 5.74) is 4.86. The van der Waals surface area contributed by atoms with E-state index in [4.69, 9.17) is 14.7 Å². The number of thiophene rings is 1. The maximum Gasteiger partial charge on any atom is 0.261 e. The number of hydrogen-bond acceptors (Lipinski definition) is 8. The van der Waals surface area contributed by atoms with E-state index < -0.39 is 0 Å². The van der Waals surface area contributed by atoms with Gasteiger partial charge >= 0.3 is 0 Å². The minimum Gasteiger partial charge on any atom is -0.381 e. The predicted octanol–water partition coefficient (Wildman–Crippen LogP) is 6.77. The van der Waals surface area contributed by atoms with Crippen LogP contribution in [0.25, 0.3) is 0 Å². The molecule has 1 aliphatic carbocycles. The summed E-state index contributed by atoms with van der Waals surface area (Å²) in [5.74, 6) is 0.225. The normalized spacial score (nSPS) is 19.6. The summed E-state index contributed by atoms with van der Waals surface area (Å²) in [4.78, 5) is 55.8. The lowest BCUT2D eigenvalue weighted by Gasteiger charge is -2.53. The van der Waals surface area contributed by atoms with Crippen molar-refractivity contribution in [2.24, 2.45) is 10.4 Å². The van der Waals surface area contributed by atoms with Gasteiger partial charge in [0.1, 0.15) is 5.82 Å². The van der Waals surface area contributed by atoms with E-state index in [1.807, 2.05) is 62.4 Å². The Balaban J connectivity index is 0.985. The molecule has 10 nitrogen and oxygen atoms in total. The zero-order chi connectivity index (χ0) is 34.4. The Bertz CT molecular complexity index is 1990. The number of para-hydroxylation sites is 2. The van der Waals surface area contributed by atoms with Crippen LogP contribution in [0, 0.1) is 12.3 Å². The highest BCUT2D eigenvalue weighted by molar-refractivity contribution is 7.16. The van der Waals surface area contributed by atoms with Crippen molar-refractivity contribution < 1.29 is 19.1 Å². The van der Waals surface area contributed by atoms with E-state index in [2.05, 4.69) is 15.5 Å². The molecule has 1 atom stereocenters. The zero-order valence-electron chi connectivity index (χ0n) is 28.3. The fraction of sp³-hybridized carbons (Fsp3) is 0.359. The summed E-state index contributed by atoms with van der Waals surface area (Å²) in [5, 5.41) is 6.13. The van der Waals surface area contributed by atoms with E-state index in [0.717, 1.165) is 80.4 Å². The van der Waals surface area contributed by atoms with Gasteiger partial charge in [0.25, 0.3) is 17.7 Å². The number of nitrogens with one attached hydrogen (secondary N) is 2. The van der Waals surface area contributed by atoms with Crippen LogP contribution >= 0.6 is 11.3 Å². The number of pyridine rings is 1. The third-order valence-electron chi connectivity index (χ3n) is 10.5. The van der Waals surface area contributed by atoms with Crippen molar-refractivity contribution in [1.29, 1.82) is 0 Å². The molecule has 1 saturated carbocycles. The highest BCUT2D eigenvalue weighted by atomic mass is 32.1. The van der Waals surface area contributed by atoms with Crippen LogP contribution in [-0.4, -0.2) is 66.8 Å². The molecular formula is C39H40N6O4S. The predicted molar refractivity (Wildman–Crippen MR) is 196 cm³/mol. The zero-order valence-corrected chi connectivity index (χ0v) is 29.1. The minimum atomic E-state index is -0.382. The molecule has 2 aromatic heterocycles. The SMILES string of the molecule is Cc1ccc(C(=O)Nc2ccc(C(=O)N3c4ccccc4N=C(c4ccc(C(=O)NC5CCC5)s4)[C@H]3C)cc2)c(N2CC3(CCOCC3)C2)n1. The first-order valence-electron chi connectivity index (χ1n) is 17.4. The number of aromatic nitrogens is 1. The highest BCUT2D eigenvalue weighted by Gasteiger charge is 2.45. The summed E-state index contributed by atoms with van der Waals surface area (Å²) in [6.45, 7) is 7.22. The molecule has 4 aliphatic rings. The third-order valence-corrected chi connectivity index (χ3v) is 11.6. The van der Waals surface area contributed by atoms with Crippen LogP contribution in [0.3, 0.4) is 0 Å². The monoisotopic (exact) mass is 688 g/mol. The van der Waals surface area contributed by atoms with Crippen LogP contribution < -0.4 is 20.4 Å². The van der Waals surface area contributed by atoms with Gasteiger partial charge in [0.15, 0.2) is 0 Å². The van der Waals surface area contributed by atoms with Gasteiger partial charge in [-0.2, -0.15) is 0 Å². The largest absolute Gasteiger partial charge is 0.381 e. The first-order valence-corrected chi connectivity index (χ1v) is 18.2. The topological polar surface area (TPSA) is 116 Å². The van der Waals surface area contributed by atoms with Gasteiger partial charge in [-0.25, -0.2) is 9.98 Å². The number of hydrogen-bond donors (Lipinski definition) is 2. The Hall–Kier alpha value is -4.87. The first-order chi connectivity index (χ1) is 24.3. The van der Waals surface area contributed by atoms with Crippen molar-refractivity contribution >= 4 is 57.7 Å². The molecule has 11 heteroatoms. The number of amides is 3. The number of carbonyl (C=O) groups is 3. The molecule has 1 spiro atoms. The van der Waals surface area contributed by atoms with E-state index >= 15 is 0 Å². The number of aliphatic imine (C=N–C) groups is 1. The quantitative estimate of drug-likeness (QED) is 0.221. The minimum absolute atomic E-state index is 0.0608. The molecule has 50 heavy (non-hydrogen) atoms. The molecule has 4 aromatic rings. The first kappa shape index (κ1) is 32.3. The number of rotatable bonds is 7. The fourth-order valence-corrected chi connectivity index (χ4v) is 8.28. The van der Waals surface area contributed by atoms with Crippen molar-refractivity contribution in [3.8, 4) is 0 Å². The molecule has 5 heterocycles. The smallest absolute Gasteiger partial charge is 0.261 e. The van der Waals surface area contributed by atoms with Gasteiger partial charge in [-0.05, 0) is 107 Å². The van der Waals surface area contributed by atoms with Gasteiger partial charge in [0.2, 0.25) is 0 Å². The molecular weight excluding hydrogens is 649 g/mol. The second-order valence-electron chi connectivity index (χ2n) is 13.9. The summed E-state index contributed by atoms with van der Waals surface area (Å²) >= 11 is 1.40. The van der Waals surface area contributed by atoms with Crippen molar-refractivity contribution in [3.05, 3.63) is 99.4 Å². The van der Waals surface area contributed by atoms with E-state index in [-0.39, 0.29) is 35.2 Å². The number of nitrogens with zero attached hydrogens (tertiary/aromatic N) is 4. The Labute approximate surface area is 295 Å². The van der Waals surface area contributed by atoms with E-state index in [9.17, 15) is 14.4 Å². The number of aryl methyl sites for hydroxylation is 1. The molecule has 256 valence electrons. The number of ether oxygens (including phenoxy) is 1. The average Bonchev–Trinajstić information content (AvgIpc) is 3.59. The molecule has 0 unspecified atom stereocenters. The molecule has 0 bridgehead atoms. The third kappa shape index (κ3) is 6.09. The highest BCUT2D eigenvalue weighted by Crippen LogP contribution is 2.43. The molecule has 3 aliphatic heterocycles. The lowest BCUT2D eigenvalue weighted by molar-refractivity contribution is -0.000519. The summed E-state index contributed by atoms with van der Waals surface area (Å²) in [6.07, 6.45) is 5.27. The second-order valence-corrected chi connectivity index (χ2v) is 15.0. The van der Waals surface area contributed by atoms with Crippen LogP contribution in [0.5, 0.6) is 0 Å². The maximum absolute atomic E-state index is 14.2. The van der Waals surface area contributed by atoms with E-state index in [0.29, 0.717) is 33.2 Å². The van der Waals surface area contributed by atoms with E-state index in [1.165, 1.54) is 11.3 Å². The number of benzene rings is 2. The molecule has 2 N–H and O–H groups in total. The van der Waals surface area contributed by atoms with Crippen molar-refractivity contribution in [1.82, 2.24) is 10.3 Å². The molecule has 2 saturated heterocycles. The van der Waals surface area contributed by atoms with Crippen LogP contribution in [0.15, 0.2) is 77.8 Å². The Morgan fingerprint density at radius 3 is 2.42 bits per heavy atom. The second kappa shape index (κ2) is 13.1. The van der Waals surface area contributed by atoms with Gasteiger partial charge < -0.3 is 20.3 Å². The lowest BCUT2D eigenvalue weighted by Crippen LogP contribution is -2.59. The van der Waals surface area contributed by atoms with Crippen molar-refractivity contribution in [2.75, 3.05) is 41.4 Å². The van der Waals surface area contributed by atoms with Crippen LogP contribution in [0.4, 0.5) is 22.9 Å². The van der Waals surface area contributed by atoms with Gasteiger partial charge in [-0.3, -0.25) is 19.3 Å². The van der Waals surface area contributed by atoms with Crippen LogP contribution in [0.2, 0.25) is 0 Å². The Morgan fingerprint density at radius 1 is 0.920 bits per heavy atom. The van der Waals surface area contributed by atoms with E-state index in [1.54, 1.807) is 29.2 Å². The van der Waals surface area contributed by atoms with Crippen LogP contribution in [0.1, 0.15) is 80.0 Å². The van der Waals surface area contributed by atoms with Crippen molar-refractivity contribution in [2.45, 2.75) is 58.0 Å². The van der Waals surface area contributed by atoms with Crippen LogP contribution in [-0.2, 0) is 4.74 Å². The number of carbonyl (C=O) groups excluding carboxylic acids is 3. The van der Waals surface area contributed by atoms with Gasteiger partial charge in [0.05, 0.1) is 38.4 Å². The molecule has 8 rings (SSSR count). The number of fused-ring (bicyclic) bond motifs is 1. The summed E-state index contributed by atoms with van der Waals surface area (Å²) in [6, 6.07) is 21.9. The Morgan fingerprint density at radius 2 is 1.68 bits per heavy atom. The van der Waals surface area contributed by atoms with Gasteiger partial charge in [-0.15, -0.1) is 11.3 Å².